The second-order valence-corrected chi connectivity index (χ2v) is 6.35. The minimum atomic E-state index is -1.16. The zero-order chi connectivity index (χ0) is 17.6. The van der Waals surface area contributed by atoms with Crippen LogP contribution in [0.5, 0.6) is 0 Å². The number of nitrogen functional groups attached to an aromatic ring is 1. The van der Waals surface area contributed by atoms with Crippen LogP contribution in [0, 0.1) is 12.3 Å². The molecule has 3 heterocycles. The van der Waals surface area contributed by atoms with E-state index in [1.165, 1.54) is 15.3 Å². The molecule has 0 aromatic carbocycles. The van der Waals surface area contributed by atoms with Gasteiger partial charge in [0.05, 0.1) is 24.4 Å². The molecule has 3 rings (SSSR count). The number of nitrogens with zero attached hydrogens (tertiary/aromatic N) is 4. The number of rotatable bonds is 3. The van der Waals surface area contributed by atoms with Crippen LogP contribution in [0.3, 0.4) is 0 Å². The average Bonchev–Trinajstić information content (AvgIpc) is 2.98. The monoisotopic (exact) mass is 333 g/mol. The molecule has 1 aliphatic heterocycles. The van der Waals surface area contributed by atoms with Gasteiger partial charge in [-0.15, -0.1) is 6.42 Å². The lowest BCUT2D eigenvalue weighted by Gasteiger charge is -2.25. The third-order valence-corrected chi connectivity index (χ3v) is 4.10. The quantitative estimate of drug-likeness (QED) is 0.629. The Balaban J connectivity index is 2.16. The van der Waals surface area contributed by atoms with E-state index in [0.29, 0.717) is 5.52 Å². The fourth-order valence-electron chi connectivity index (χ4n) is 2.88. The molecule has 9 nitrogen and oxygen atoms in total. The van der Waals surface area contributed by atoms with Gasteiger partial charge in [-0.3, -0.25) is 4.57 Å². The van der Waals surface area contributed by atoms with Crippen LogP contribution in [0.1, 0.15) is 26.5 Å². The Hall–Kier alpha value is -2.41. The Morgan fingerprint density at radius 2 is 2.29 bits per heavy atom. The van der Waals surface area contributed by atoms with Crippen LogP contribution in [0.25, 0.3) is 11.2 Å². The first kappa shape index (κ1) is 16.4. The predicted octanol–water partition coefficient (Wildman–Crippen LogP) is -0.772. The Labute approximate surface area is 137 Å². The van der Waals surface area contributed by atoms with Crippen molar-refractivity contribution < 1.29 is 14.9 Å². The molecule has 2 aromatic heterocycles. The van der Waals surface area contributed by atoms with E-state index >= 15 is 0 Å². The van der Waals surface area contributed by atoms with E-state index in [1.54, 1.807) is 13.8 Å². The highest BCUT2D eigenvalue weighted by Gasteiger charge is 2.43. The summed E-state index contributed by atoms with van der Waals surface area (Å²) in [4.78, 5) is 20.7. The van der Waals surface area contributed by atoms with Crippen LogP contribution < -0.4 is 11.4 Å². The van der Waals surface area contributed by atoms with Gasteiger partial charge < -0.3 is 20.7 Å². The van der Waals surface area contributed by atoms with Gasteiger partial charge in [-0.25, -0.2) is 14.3 Å². The first-order valence-electron chi connectivity index (χ1n) is 7.46. The maximum atomic E-state index is 12.7. The minimum absolute atomic E-state index is 0.0133. The molecular weight excluding hydrogens is 314 g/mol. The normalized spacial score (nSPS) is 24.4. The molecule has 0 bridgehead atoms. The summed E-state index contributed by atoms with van der Waals surface area (Å²) in [5, 5.41) is 20.5. The number of hydrogen-bond acceptors (Lipinski definition) is 7. The molecule has 0 spiro atoms. The largest absolute Gasteiger partial charge is 0.388 e. The summed E-state index contributed by atoms with van der Waals surface area (Å²) in [7, 11) is 0. The van der Waals surface area contributed by atoms with Gasteiger partial charge in [-0.05, 0) is 13.8 Å². The average molecular weight is 333 g/mol. The summed E-state index contributed by atoms with van der Waals surface area (Å²) in [5.41, 5.74) is 4.60. The summed E-state index contributed by atoms with van der Waals surface area (Å²) >= 11 is 0. The van der Waals surface area contributed by atoms with Crippen molar-refractivity contribution in [3.8, 4) is 12.3 Å². The van der Waals surface area contributed by atoms with E-state index in [-0.39, 0.29) is 24.6 Å². The number of ether oxygens (including phenoxy) is 1. The van der Waals surface area contributed by atoms with Crippen molar-refractivity contribution >= 4 is 17.1 Å². The van der Waals surface area contributed by atoms with Gasteiger partial charge in [0.2, 0.25) is 5.95 Å². The van der Waals surface area contributed by atoms with Crippen LogP contribution in [0.15, 0.2) is 11.0 Å². The topological polar surface area (TPSA) is 128 Å². The number of terminal acetylenes is 1. The summed E-state index contributed by atoms with van der Waals surface area (Å²) in [6, 6.07) is 0. The lowest BCUT2D eigenvalue weighted by Crippen LogP contribution is -2.36. The summed E-state index contributed by atoms with van der Waals surface area (Å²) in [6.45, 7) is 3.18. The molecule has 0 saturated carbocycles. The number of aromatic nitrogens is 4. The molecule has 24 heavy (non-hydrogen) atoms. The highest BCUT2D eigenvalue weighted by Crippen LogP contribution is 2.34. The van der Waals surface area contributed by atoms with Crippen molar-refractivity contribution in [2.75, 3.05) is 5.73 Å². The predicted molar refractivity (Wildman–Crippen MR) is 85.9 cm³/mol. The molecule has 2 aromatic rings. The lowest BCUT2D eigenvalue weighted by atomic mass is 9.98. The standard InChI is InChI=1S/C15H19N5O4/c1-4-5-19-8-7-17-13(16)18-11(8)20(14(19)22)12-9(21)6-10(24-12)15(2,3)23/h1,7,9-10,12,21,23H,5-6H2,2-3H3,(H2,16,17,18)/t9-,10+,12-/m1/s1. The van der Waals surface area contributed by atoms with Crippen molar-refractivity contribution in [1.82, 2.24) is 19.1 Å². The number of aliphatic hydroxyl groups excluding tert-OH is 1. The van der Waals surface area contributed by atoms with E-state index in [1.807, 2.05) is 0 Å². The molecule has 4 N–H and O–H groups in total. The molecule has 128 valence electrons. The van der Waals surface area contributed by atoms with Gasteiger partial charge in [0.25, 0.3) is 0 Å². The van der Waals surface area contributed by atoms with Crippen LogP contribution in [0.4, 0.5) is 5.95 Å². The molecule has 0 radical (unpaired) electrons. The van der Waals surface area contributed by atoms with E-state index in [4.69, 9.17) is 16.9 Å². The number of imidazole rings is 1. The van der Waals surface area contributed by atoms with Crippen LogP contribution in [-0.2, 0) is 11.3 Å². The fraction of sp³-hybridized carbons (Fsp3) is 0.533. The number of fused-ring (bicyclic) bond motifs is 1. The van der Waals surface area contributed by atoms with Gasteiger partial charge in [0.1, 0.15) is 11.6 Å². The molecule has 1 saturated heterocycles. The SMILES string of the molecule is C#CCn1c(=O)n([C@@H]2O[C@H](C(C)(C)O)C[C@H]2O)c2nc(N)ncc21. The minimum Gasteiger partial charge on any atom is -0.388 e. The maximum Gasteiger partial charge on any atom is 0.333 e. The molecule has 0 amide bonds. The van der Waals surface area contributed by atoms with Gasteiger partial charge in [0.15, 0.2) is 11.9 Å². The smallest absolute Gasteiger partial charge is 0.333 e. The number of anilines is 1. The van der Waals surface area contributed by atoms with Gasteiger partial charge in [-0.1, -0.05) is 5.92 Å². The highest BCUT2D eigenvalue weighted by atomic mass is 16.5. The van der Waals surface area contributed by atoms with Gasteiger partial charge in [0, 0.05) is 6.42 Å². The summed E-state index contributed by atoms with van der Waals surface area (Å²) < 4.78 is 8.26. The third-order valence-electron chi connectivity index (χ3n) is 4.10. The van der Waals surface area contributed by atoms with Crippen molar-refractivity contribution in [2.24, 2.45) is 0 Å². The van der Waals surface area contributed by atoms with Crippen LogP contribution in [-0.4, -0.2) is 47.1 Å². The molecule has 0 aliphatic carbocycles. The summed E-state index contributed by atoms with van der Waals surface area (Å²) in [6.07, 6.45) is 4.30. The van der Waals surface area contributed by atoms with Crippen LogP contribution in [0.2, 0.25) is 0 Å². The van der Waals surface area contributed by atoms with E-state index in [9.17, 15) is 15.0 Å². The Bertz CT molecular complexity index is 873. The first-order chi connectivity index (χ1) is 11.2. The molecule has 3 atom stereocenters. The number of aliphatic hydroxyl groups is 2. The highest BCUT2D eigenvalue weighted by molar-refractivity contribution is 5.72. The Kier molecular flexibility index (Phi) is 3.83. The molecule has 1 fully saturated rings. The first-order valence-corrected chi connectivity index (χ1v) is 7.46. The Morgan fingerprint density at radius 3 is 2.88 bits per heavy atom. The second kappa shape index (κ2) is 5.59. The lowest BCUT2D eigenvalue weighted by molar-refractivity contribution is -0.108. The fourth-order valence-corrected chi connectivity index (χ4v) is 2.88. The third kappa shape index (κ3) is 2.54. The molecule has 0 unspecified atom stereocenters. The molecular formula is C15H19N5O4. The van der Waals surface area contributed by atoms with E-state index in [2.05, 4.69) is 15.9 Å². The van der Waals surface area contributed by atoms with Crippen molar-refractivity contribution in [3.63, 3.8) is 0 Å². The zero-order valence-electron chi connectivity index (χ0n) is 13.4. The maximum absolute atomic E-state index is 12.7. The molecule has 9 heteroatoms. The number of hydrogen-bond donors (Lipinski definition) is 3. The van der Waals surface area contributed by atoms with Crippen molar-refractivity contribution in [3.05, 3.63) is 16.7 Å². The van der Waals surface area contributed by atoms with Crippen molar-refractivity contribution in [1.29, 1.82) is 0 Å². The second-order valence-electron chi connectivity index (χ2n) is 6.35. The zero-order valence-corrected chi connectivity index (χ0v) is 13.4. The summed E-state index contributed by atoms with van der Waals surface area (Å²) in [5.74, 6) is 2.39. The van der Waals surface area contributed by atoms with Gasteiger partial charge >= 0.3 is 5.69 Å². The Morgan fingerprint density at radius 1 is 1.58 bits per heavy atom. The van der Waals surface area contributed by atoms with Gasteiger partial charge in [-0.2, -0.15) is 4.98 Å². The van der Waals surface area contributed by atoms with Crippen LogP contribution >= 0.6 is 0 Å². The van der Waals surface area contributed by atoms with E-state index in [0.717, 1.165) is 0 Å². The molecule has 1 aliphatic rings. The van der Waals surface area contributed by atoms with E-state index < -0.39 is 29.7 Å². The van der Waals surface area contributed by atoms with Crippen molar-refractivity contribution in [2.45, 2.75) is 50.8 Å². The number of nitrogens with two attached hydrogens (primary N) is 1.